The summed E-state index contributed by atoms with van der Waals surface area (Å²) in [6, 6.07) is 7.35. The maximum absolute atomic E-state index is 12.2. The van der Waals surface area contributed by atoms with Gasteiger partial charge in [-0.25, -0.2) is 0 Å². The second-order valence-corrected chi connectivity index (χ2v) is 5.88. The van der Waals surface area contributed by atoms with E-state index >= 15 is 0 Å². The predicted octanol–water partition coefficient (Wildman–Crippen LogP) is 1.97. The molecule has 112 valence electrons. The Morgan fingerprint density at radius 3 is 2.24 bits per heavy atom. The van der Waals surface area contributed by atoms with Crippen LogP contribution in [-0.2, 0) is 9.59 Å². The fourth-order valence-corrected chi connectivity index (χ4v) is 2.58. The molecule has 3 N–H and O–H groups in total. The molecule has 5 nitrogen and oxygen atoms in total. The van der Waals surface area contributed by atoms with Crippen LogP contribution in [-0.4, -0.2) is 24.9 Å². The topological polar surface area (TPSA) is 70.2 Å². The number of hydrogen-bond donors (Lipinski definition) is 3. The van der Waals surface area contributed by atoms with E-state index in [2.05, 4.69) is 16.0 Å². The average molecular weight is 287 g/mol. The number of amides is 2. The highest BCUT2D eigenvalue weighted by molar-refractivity contribution is 5.96. The molecule has 1 aliphatic carbocycles. The smallest absolute Gasteiger partial charge is 0.228 e. The molecule has 1 aromatic rings. The lowest BCUT2D eigenvalue weighted by Gasteiger charge is -2.22. The lowest BCUT2D eigenvalue weighted by atomic mass is 9.99. The van der Waals surface area contributed by atoms with Crippen LogP contribution in [0.4, 0.5) is 11.4 Å². The second-order valence-electron chi connectivity index (χ2n) is 5.88. The van der Waals surface area contributed by atoms with Gasteiger partial charge in [-0.1, -0.05) is 6.07 Å². The zero-order valence-corrected chi connectivity index (χ0v) is 12.0. The molecular formula is C16H21N3O2. The van der Waals surface area contributed by atoms with Crippen LogP contribution in [0.5, 0.6) is 0 Å². The van der Waals surface area contributed by atoms with Crippen LogP contribution in [0.25, 0.3) is 0 Å². The van der Waals surface area contributed by atoms with E-state index in [0.717, 1.165) is 50.1 Å². The molecule has 1 heterocycles. The summed E-state index contributed by atoms with van der Waals surface area (Å²) in [5.41, 5.74) is 1.48. The van der Waals surface area contributed by atoms with E-state index in [1.807, 2.05) is 24.3 Å². The van der Waals surface area contributed by atoms with E-state index in [9.17, 15) is 9.59 Å². The molecule has 0 bridgehead atoms. The Morgan fingerprint density at radius 1 is 1.00 bits per heavy atom. The number of nitrogens with one attached hydrogen (secondary N) is 3. The number of carbonyl (C=O) groups is 2. The fraction of sp³-hybridized carbons (Fsp3) is 0.500. The third kappa shape index (κ3) is 3.82. The molecule has 0 radical (unpaired) electrons. The van der Waals surface area contributed by atoms with Gasteiger partial charge in [0.25, 0.3) is 0 Å². The number of hydrogen-bond acceptors (Lipinski definition) is 3. The van der Waals surface area contributed by atoms with Crippen molar-refractivity contribution in [3.05, 3.63) is 24.3 Å². The first kappa shape index (κ1) is 14.1. The standard InChI is InChI=1S/C16H21N3O2/c20-15(11-6-7-11)18-13-4-1-5-14(9-13)19-16(21)12-3-2-8-17-10-12/h1,4-5,9,11-12,17H,2-3,6-8,10H2,(H,18,20)(H,19,21)/t12-/m1/s1. The molecule has 1 saturated heterocycles. The van der Waals surface area contributed by atoms with E-state index in [1.54, 1.807) is 0 Å². The molecule has 2 aliphatic rings. The average Bonchev–Trinajstić information content (AvgIpc) is 3.33. The summed E-state index contributed by atoms with van der Waals surface area (Å²) < 4.78 is 0. The minimum atomic E-state index is 0.0310. The number of carbonyl (C=O) groups excluding carboxylic acids is 2. The van der Waals surface area contributed by atoms with Crippen molar-refractivity contribution >= 4 is 23.2 Å². The lowest BCUT2D eigenvalue weighted by Crippen LogP contribution is -2.37. The van der Waals surface area contributed by atoms with Gasteiger partial charge in [0, 0.05) is 23.8 Å². The van der Waals surface area contributed by atoms with Crippen molar-refractivity contribution in [2.45, 2.75) is 25.7 Å². The molecule has 0 unspecified atom stereocenters. The summed E-state index contributed by atoms with van der Waals surface area (Å²) in [5.74, 6) is 0.336. The minimum Gasteiger partial charge on any atom is -0.326 e. The Labute approximate surface area is 124 Å². The van der Waals surface area contributed by atoms with Crippen LogP contribution >= 0.6 is 0 Å². The molecule has 1 atom stereocenters. The van der Waals surface area contributed by atoms with Gasteiger partial charge in [-0.3, -0.25) is 9.59 Å². The third-order valence-corrected chi connectivity index (χ3v) is 4.01. The van der Waals surface area contributed by atoms with Crippen LogP contribution in [0.1, 0.15) is 25.7 Å². The van der Waals surface area contributed by atoms with Gasteiger partial charge in [-0.05, 0) is 50.4 Å². The zero-order valence-electron chi connectivity index (χ0n) is 12.0. The van der Waals surface area contributed by atoms with E-state index in [-0.39, 0.29) is 23.7 Å². The Kier molecular flexibility index (Phi) is 4.20. The van der Waals surface area contributed by atoms with Crippen LogP contribution in [0.2, 0.25) is 0 Å². The highest BCUT2D eigenvalue weighted by Gasteiger charge is 2.29. The molecule has 2 fully saturated rings. The maximum atomic E-state index is 12.2. The first-order chi connectivity index (χ1) is 10.2. The van der Waals surface area contributed by atoms with Gasteiger partial charge in [0.15, 0.2) is 0 Å². The minimum absolute atomic E-state index is 0.0310. The van der Waals surface area contributed by atoms with Gasteiger partial charge in [-0.2, -0.15) is 0 Å². The maximum Gasteiger partial charge on any atom is 0.228 e. The molecule has 0 spiro atoms. The lowest BCUT2D eigenvalue weighted by molar-refractivity contribution is -0.120. The summed E-state index contributed by atoms with van der Waals surface area (Å²) in [6.45, 7) is 1.73. The highest BCUT2D eigenvalue weighted by Crippen LogP contribution is 2.30. The SMILES string of the molecule is O=C(Nc1cccc(NC(=O)[C@@H]2CCCNC2)c1)C1CC1. The highest BCUT2D eigenvalue weighted by atomic mass is 16.2. The van der Waals surface area contributed by atoms with Gasteiger partial charge < -0.3 is 16.0 Å². The number of piperidine rings is 1. The van der Waals surface area contributed by atoms with Crippen molar-refractivity contribution in [3.63, 3.8) is 0 Å². The molecule has 0 aromatic heterocycles. The zero-order chi connectivity index (χ0) is 14.7. The van der Waals surface area contributed by atoms with E-state index < -0.39 is 0 Å². The Hall–Kier alpha value is -1.88. The fourth-order valence-electron chi connectivity index (χ4n) is 2.58. The van der Waals surface area contributed by atoms with E-state index in [4.69, 9.17) is 0 Å². The quantitative estimate of drug-likeness (QED) is 0.793. The molecule has 1 saturated carbocycles. The van der Waals surface area contributed by atoms with Crippen molar-refractivity contribution < 1.29 is 9.59 Å². The van der Waals surface area contributed by atoms with Crippen LogP contribution in [0.3, 0.4) is 0 Å². The molecular weight excluding hydrogens is 266 g/mol. The third-order valence-electron chi connectivity index (χ3n) is 4.01. The van der Waals surface area contributed by atoms with E-state index in [1.165, 1.54) is 0 Å². The van der Waals surface area contributed by atoms with Crippen LogP contribution in [0, 0.1) is 11.8 Å². The van der Waals surface area contributed by atoms with Crippen molar-refractivity contribution in [1.29, 1.82) is 0 Å². The molecule has 3 rings (SSSR count). The van der Waals surface area contributed by atoms with Crippen molar-refractivity contribution in [3.8, 4) is 0 Å². The Balaban J connectivity index is 1.59. The van der Waals surface area contributed by atoms with Crippen LogP contribution in [0.15, 0.2) is 24.3 Å². The largest absolute Gasteiger partial charge is 0.326 e. The van der Waals surface area contributed by atoms with Gasteiger partial charge >= 0.3 is 0 Å². The van der Waals surface area contributed by atoms with E-state index in [0.29, 0.717) is 0 Å². The number of anilines is 2. The Bertz CT molecular complexity index is 534. The second kappa shape index (κ2) is 6.26. The molecule has 21 heavy (non-hydrogen) atoms. The Morgan fingerprint density at radius 2 is 1.67 bits per heavy atom. The molecule has 1 aromatic carbocycles. The van der Waals surface area contributed by atoms with Crippen molar-refractivity contribution in [2.75, 3.05) is 23.7 Å². The van der Waals surface area contributed by atoms with Gasteiger partial charge in [0.1, 0.15) is 0 Å². The van der Waals surface area contributed by atoms with Gasteiger partial charge in [-0.15, -0.1) is 0 Å². The summed E-state index contributed by atoms with van der Waals surface area (Å²) in [4.78, 5) is 23.9. The summed E-state index contributed by atoms with van der Waals surface area (Å²) in [6.07, 6.45) is 3.93. The van der Waals surface area contributed by atoms with Crippen LogP contribution < -0.4 is 16.0 Å². The summed E-state index contributed by atoms with van der Waals surface area (Å²) in [7, 11) is 0. The monoisotopic (exact) mass is 287 g/mol. The van der Waals surface area contributed by atoms with Crippen molar-refractivity contribution in [1.82, 2.24) is 5.32 Å². The first-order valence-electron chi connectivity index (χ1n) is 7.65. The molecule has 2 amide bonds. The molecule has 1 aliphatic heterocycles. The van der Waals surface area contributed by atoms with Gasteiger partial charge in [0.05, 0.1) is 5.92 Å². The predicted molar refractivity (Wildman–Crippen MR) is 82.0 cm³/mol. The first-order valence-corrected chi connectivity index (χ1v) is 7.65. The molecule has 5 heteroatoms. The van der Waals surface area contributed by atoms with Crippen molar-refractivity contribution in [2.24, 2.45) is 11.8 Å². The number of benzene rings is 1. The normalized spacial score (nSPS) is 21.6. The summed E-state index contributed by atoms with van der Waals surface area (Å²) in [5, 5.41) is 9.07. The number of rotatable bonds is 4. The van der Waals surface area contributed by atoms with Gasteiger partial charge in [0.2, 0.25) is 11.8 Å². The summed E-state index contributed by atoms with van der Waals surface area (Å²) >= 11 is 0.